The average Bonchev–Trinajstić information content (AvgIpc) is 2.93. The number of hydrogen-bond donors (Lipinski definition) is 2. The van der Waals surface area contributed by atoms with Crippen molar-refractivity contribution in [3.05, 3.63) is 24.3 Å². The summed E-state index contributed by atoms with van der Waals surface area (Å²) in [6.07, 6.45) is 4.70. The lowest BCUT2D eigenvalue weighted by molar-refractivity contribution is -0.133. The van der Waals surface area contributed by atoms with Gasteiger partial charge in [0.15, 0.2) is 0 Å². The number of carbonyl (C=O) groups is 2. The van der Waals surface area contributed by atoms with Gasteiger partial charge in [0, 0.05) is 0 Å². The fourth-order valence-corrected chi connectivity index (χ4v) is 2.81. The van der Waals surface area contributed by atoms with Crippen molar-refractivity contribution in [2.45, 2.75) is 31.8 Å². The van der Waals surface area contributed by atoms with Crippen molar-refractivity contribution in [3.8, 4) is 5.75 Å². The van der Waals surface area contributed by atoms with Gasteiger partial charge in [0.2, 0.25) is 5.91 Å². The Morgan fingerprint density at radius 3 is 2.67 bits per heavy atom. The van der Waals surface area contributed by atoms with E-state index >= 15 is 0 Å². The van der Waals surface area contributed by atoms with Crippen LogP contribution in [0.4, 0.5) is 5.69 Å². The number of benzene rings is 1. The molecule has 21 heavy (non-hydrogen) atoms. The highest BCUT2D eigenvalue weighted by atomic mass is 32.2. The molecule has 6 heteroatoms. The molecule has 5 nitrogen and oxygen atoms in total. The number of carbonyl (C=O) groups excluding carboxylic acids is 1. The molecule has 0 saturated heterocycles. The molecule has 0 unspecified atom stereocenters. The van der Waals surface area contributed by atoms with Crippen LogP contribution in [-0.2, 0) is 9.59 Å². The predicted molar refractivity (Wildman–Crippen MR) is 82.9 cm³/mol. The first kappa shape index (κ1) is 15.7. The molecule has 0 radical (unpaired) electrons. The smallest absolute Gasteiger partial charge is 0.313 e. The number of thioether (sulfide) groups is 1. The molecule has 2 N–H and O–H groups in total. The second kappa shape index (κ2) is 7.93. The molecule has 0 bridgehead atoms. The minimum Gasteiger partial charge on any atom is -0.488 e. The standard InChI is InChI=1S/C15H19NO4S/c17-14(9-21-10-15(18)19)16-12-7-3-4-8-13(12)20-11-5-1-2-6-11/h3-4,7-8,11H,1-2,5-6,9-10H2,(H,16,17)(H,18,19). The lowest BCUT2D eigenvalue weighted by Crippen LogP contribution is -2.17. The average molecular weight is 309 g/mol. The van der Waals surface area contributed by atoms with E-state index in [0.29, 0.717) is 11.4 Å². The first-order valence-electron chi connectivity index (χ1n) is 7.00. The van der Waals surface area contributed by atoms with Crippen LogP contribution in [0, 0.1) is 0 Å². The second-order valence-corrected chi connectivity index (χ2v) is 5.94. The number of hydrogen-bond acceptors (Lipinski definition) is 4. The number of aliphatic carboxylic acids is 1. The lowest BCUT2D eigenvalue weighted by atomic mass is 10.2. The molecule has 1 saturated carbocycles. The molecule has 1 aliphatic carbocycles. The summed E-state index contributed by atoms with van der Waals surface area (Å²) in [6.45, 7) is 0. The summed E-state index contributed by atoms with van der Waals surface area (Å²) in [4.78, 5) is 22.2. The van der Waals surface area contributed by atoms with Crippen LogP contribution in [0.15, 0.2) is 24.3 Å². The van der Waals surface area contributed by atoms with E-state index in [1.165, 1.54) is 12.8 Å². The number of nitrogens with one attached hydrogen (secondary N) is 1. The van der Waals surface area contributed by atoms with E-state index in [4.69, 9.17) is 9.84 Å². The molecule has 0 aliphatic heterocycles. The Bertz CT molecular complexity index is 500. The van der Waals surface area contributed by atoms with Gasteiger partial charge in [-0.2, -0.15) is 0 Å². The van der Waals surface area contributed by atoms with E-state index in [2.05, 4.69) is 5.32 Å². The third kappa shape index (κ3) is 5.30. The largest absolute Gasteiger partial charge is 0.488 e. The molecule has 1 amide bonds. The van der Waals surface area contributed by atoms with Gasteiger partial charge in [0.25, 0.3) is 0 Å². The van der Waals surface area contributed by atoms with E-state index in [9.17, 15) is 9.59 Å². The van der Waals surface area contributed by atoms with Gasteiger partial charge in [-0.05, 0) is 37.8 Å². The Morgan fingerprint density at radius 1 is 1.24 bits per heavy atom. The van der Waals surface area contributed by atoms with Crippen LogP contribution in [0.2, 0.25) is 0 Å². The number of carboxylic acid groups (broad SMARTS) is 1. The zero-order valence-corrected chi connectivity index (χ0v) is 12.5. The number of para-hydroxylation sites is 2. The van der Waals surface area contributed by atoms with Crippen LogP contribution in [0.25, 0.3) is 0 Å². The summed E-state index contributed by atoms with van der Waals surface area (Å²) < 4.78 is 5.93. The zero-order chi connectivity index (χ0) is 15.1. The monoisotopic (exact) mass is 309 g/mol. The van der Waals surface area contributed by atoms with Crippen LogP contribution < -0.4 is 10.1 Å². The van der Waals surface area contributed by atoms with E-state index in [1.54, 1.807) is 6.07 Å². The van der Waals surface area contributed by atoms with E-state index in [0.717, 1.165) is 24.6 Å². The second-order valence-electron chi connectivity index (χ2n) is 4.96. The molecule has 0 spiro atoms. The molecule has 0 heterocycles. The van der Waals surface area contributed by atoms with Gasteiger partial charge in [-0.1, -0.05) is 12.1 Å². The van der Waals surface area contributed by atoms with Crippen LogP contribution in [0.5, 0.6) is 5.75 Å². The van der Waals surface area contributed by atoms with Crippen molar-refractivity contribution in [2.24, 2.45) is 0 Å². The minimum absolute atomic E-state index is 0.0758. The quantitative estimate of drug-likeness (QED) is 0.810. The summed E-state index contributed by atoms with van der Waals surface area (Å²) in [5, 5.41) is 11.3. The zero-order valence-electron chi connectivity index (χ0n) is 11.7. The van der Waals surface area contributed by atoms with E-state index < -0.39 is 5.97 Å². The molecule has 1 fully saturated rings. The first-order chi connectivity index (χ1) is 10.1. The van der Waals surface area contributed by atoms with Crippen LogP contribution >= 0.6 is 11.8 Å². The SMILES string of the molecule is O=C(O)CSCC(=O)Nc1ccccc1OC1CCCC1. The van der Waals surface area contributed by atoms with E-state index in [-0.39, 0.29) is 23.5 Å². The number of rotatable bonds is 7. The third-order valence-electron chi connectivity index (χ3n) is 3.22. The van der Waals surface area contributed by atoms with Crippen molar-refractivity contribution in [1.82, 2.24) is 0 Å². The van der Waals surface area contributed by atoms with Crippen molar-refractivity contribution >= 4 is 29.3 Å². The number of amides is 1. The maximum Gasteiger partial charge on any atom is 0.313 e. The summed E-state index contributed by atoms with van der Waals surface area (Å²) in [7, 11) is 0. The van der Waals surface area contributed by atoms with Gasteiger partial charge in [-0.25, -0.2) is 0 Å². The van der Waals surface area contributed by atoms with Gasteiger partial charge in [0.05, 0.1) is 23.3 Å². The van der Waals surface area contributed by atoms with Gasteiger partial charge >= 0.3 is 5.97 Å². The lowest BCUT2D eigenvalue weighted by Gasteiger charge is -2.16. The van der Waals surface area contributed by atoms with Crippen LogP contribution in [-0.4, -0.2) is 34.6 Å². The van der Waals surface area contributed by atoms with Crippen molar-refractivity contribution in [2.75, 3.05) is 16.8 Å². The number of ether oxygens (including phenoxy) is 1. The third-order valence-corrected chi connectivity index (χ3v) is 4.13. The van der Waals surface area contributed by atoms with Crippen molar-refractivity contribution in [3.63, 3.8) is 0 Å². The van der Waals surface area contributed by atoms with Gasteiger partial charge in [-0.15, -0.1) is 11.8 Å². The molecule has 1 aromatic rings. The fourth-order valence-electron chi connectivity index (χ4n) is 2.28. The molecule has 114 valence electrons. The highest BCUT2D eigenvalue weighted by molar-refractivity contribution is 8.00. The van der Waals surface area contributed by atoms with E-state index in [1.807, 2.05) is 18.2 Å². The summed E-state index contributed by atoms with van der Waals surface area (Å²) in [6, 6.07) is 7.35. The van der Waals surface area contributed by atoms with Gasteiger partial charge in [-0.3, -0.25) is 9.59 Å². The molecule has 1 aliphatic rings. The summed E-state index contributed by atoms with van der Waals surface area (Å²) >= 11 is 1.08. The van der Waals surface area contributed by atoms with Gasteiger partial charge < -0.3 is 15.2 Å². The Hall–Kier alpha value is -1.69. The fraction of sp³-hybridized carbons (Fsp3) is 0.467. The normalized spacial score (nSPS) is 14.9. The topological polar surface area (TPSA) is 75.6 Å². The first-order valence-corrected chi connectivity index (χ1v) is 8.15. The Balaban J connectivity index is 1.89. The Labute approximate surface area is 128 Å². The predicted octanol–water partition coefficient (Wildman–Crippen LogP) is 2.76. The highest BCUT2D eigenvalue weighted by Crippen LogP contribution is 2.29. The Kier molecular flexibility index (Phi) is 5.92. The number of anilines is 1. The molecule has 0 aromatic heterocycles. The molecule has 2 rings (SSSR count). The maximum absolute atomic E-state index is 11.8. The van der Waals surface area contributed by atoms with Crippen molar-refractivity contribution < 1.29 is 19.4 Å². The van der Waals surface area contributed by atoms with Gasteiger partial charge in [0.1, 0.15) is 5.75 Å². The molecular formula is C15H19NO4S. The Morgan fingerprint density at radius 2 is 1.95 bits per heavy atom. The highest BCUT2D eigenvalue weighted by Gasteiger charge is 2.18. The number of carboxylic acids is 1. The molecular weight excluding hydrogens is 290 g/mol. The molecule has 0 atom stereocenters. The van der Waals surface area contributed by atoms with Crippen molar-refractivity contribution in [1.29, 1.82) is 0 Å². The molecule has 1 aromatic carbocycles. The minimum atomic E-state index is -0.919. The maximum atomic E-state index is 11.8. The van der Waals surface area contributed by atoms with Crippen LogP contribution in [0.3, 0.4) is 0 Å². The summed E-state index contributed by atoms with van der Waals surface area (Å²) in [5.41, 5.74) is 0.644. The van der Waals surface area contributed by atoms with Crippen LogP contribution in [0.1, 0.15) is 25.7 Å². The summed E-state index contributed by atoms with van der Waals surface area (Å²) in [5.74, 6) is -0.417.